The second-order valence-corrected chi connectivity index (χ2v) is 6.65. The minimum absolute atomic E-state index is 0.0892. The minimum Gasteiger partial charge on any atom is -0.463 e. The van der Waals surface area contributed by atoms with Crippen molar-refractivity contribution in [2.24, 2.45) is 0 Å². The summed E-state index contributed by atoms with van der Waals surface area (Å²) in [5, 5.41) is 0. The third-order valence-corrected chi connectivity index (χ3v) is 4.68. The van der Waals surface area contributed by atoms with Gasteiger partial charge in [-0.05, 0) is 15.9 Å². The van der Waals surface area contributed by atoms with Gasteiger partial charge >= 0.3 is 17.6 Å². The van der Waals surface area contributed by atoms with E-state index >= 15 is 0 Å². The van der Waals surface area contributed by atoms with Crippen LogP contribution < -0.4 is 11.2 Å². The molecule has 11 heteroatoms. The summed E-state index contributed by atoms with van der Waals surface area (Å²) in [5.74, 6) is -1.27. The predicted octanol–water partition coefficient (Wildman–Crippen LogP) is 0.690. The number of rotatable bonds is 5. The number of halogens is 2. The fourth-order valence-electron chi connectivity index (χ4n) is 2.50. The molecule has 0 saturated carbocycles. The van der Waals surface area contributed by atoms with Crippen molar-refractivity contribution >= 4 is 39.5 Å². The van der Waals surface area contributed by atoms with E-state index in [9.17, 15) is 19.2 Å². The maximum Gasteiger partial charge on any atom is 0.330 e. The molecule has 1 aliphatic rings. The molecule has 1 aromatic rings. The molecule has 0 aromatic carbocycles. The Balaban J connectivity index is 2.39. The Morgan fingerprint density at radius 3 is 2.68 bits per heavy atom. The molecule has 0 amide bonds. The van der Waals surface area contributed by atoms with Gasteiger partial charge in [0.1, 0.15) is 18.9 Å². The molecule has 0 radical (unpaired) electrons. The van der Waals surface area contributed by atoms with Crippen LogP contribution in [0.15, 0.2) is 20.3 Å². The number of nitrogens with zero attached hydrogens (tertiary/aromatic N) is 1. The Bertz CT molecular complexity index is 792. The molecule has 0 aliphatic carbocycles. The molecule has 0 unspecified atom stereocenters. The van der Waals surface area contributed by atoms with Gasteiger partial charge in [-0.25, -0.2) is 4.79 Å². The van der Waals surface area contributed by atoms with E-state index in [4.69, 9.17) is 25.8 Å². The van der Waals surface area contributed by atoms with Gasteiger partial charge in [-0.3, -0.25) is 23.9 Å². The van der Waals surface area contributed by atoms with Gasteiger partial charge < -0.3 is 14.2 Å². The van der Waals surface area contributed by atoms with Crippen molar-refractivity contribution in [1.82, 2.24) is 9.55 Å². The fourth-order valence-corrected chi connectivity index (χ4v) is 3.13. The van der Waals surface area contributed by atoms with E-state index in [0.29, 0.717) is 0 Å². The Kier molecular flexibility index (Phi) is 6.07. The fraction of sp³-hybridized carbons (Fsp3) is 0.571. The molecule has 9 nitrogen and oxygen atoms in total. The normalized spacial score (nSPS) is 25.6. The second-order valence-electron chi connectivity index (χ2n) is 5.53. The minimum atomic E-state index is -1.31. The number of esters is 2. The molecular formula is C14H16BrClN2O7. The number of hydrogen-bond acceptors (Lipinski definition) is 7. The lowest BCUT2D eigenvalue weighted by atomic mass is 9.99. The van der Waals surface area contributed by atoms with Crippen LogP contribution >= 0.6 is 27.5 Å². The van der Waals surface area contributed by atoms with E-state index in [1.165, 1.54) is 20.0 Å². The van der Waals surface area contributed by atoms with Crippen molar-refractivity contribution in [1.29, 1.82) is 0 Å². The van der Waals surface area contributed by atoms with E-state index in [1.54, 1.807) is 0 Å². The summed E-state index contributed by atoms with van der Waals surface area (Å²) in [6.45, 7) is 2.19. The van der Waals surface area contributed by atoms with Crippen molar-refractivity contribution < 1.29 is 23.8 Å². The number of ether oxygens (including phenoxy) is 3. The summed E-state index contributed by atoms with van der Waals surface area (Å²) in [5.41, 5.74) is -2.59. The van der Waals surface area contributed by atoms with Crippen LogP contribution in [-0.2, 0) is 23.8 Å². The average Bonchev–Trinajstić information content (AvgIpc) is 2.87. The van der Waals surface area contributed by atoms with Gasteiger partial charge in [-0.15, -0.1) is 11.6 Å². The third kappa shape index (κ3) is 4.31. The molecule has 3 atom stereocenters. The highest BCUT2D eigenvalue weighted by Crippen LogP contribution is 2.39. The number of aromatic amines is 1. The highest BCUT2D eigenvalue weighted by Gasteiger charge is 2.52. The first-order valence-corrected chi connectivity index (χ1v) is 8.56. The molecular weight excluding hydrogens is 424 g/mol. The lowest BCUT2D eigenvalue weighted by Crippen LogP contribution is -2.48. The number of aromatic nitrogens is 2. The molecule has 1 N–H and O–H groups in total. The van der Waals surface area contributed by atoms with Crippen molar-refractivity contribution in [2.45, 2.75) is 38.2 Å². The summed E-state index contributed by atoms with van der Waals surface area (Å²) >= 11 is 9.05. The van der Waals surface area contributed by atoms with Crippen molar-refractivity contribution in [3.63, 3.8) is 0 Å². The number of alkyl halides is 1. The van der Waals surface area contributed by atoms with Gasteiger partial charge in [0.25, 0.3) is 5.56 Å². The van der Waals surface area contributed by atoms with E-state index in [2.05, 4.69) is 20.9 Å². The number of H-pyrrole nitrogens is 1. The van der Waals surface area contributed by atoms with Crippen LogP contribution in [0.4, 0.5) is 0 Å². The zero-order valence-electron chi connectivity index (χ0n) is 13.4. The summed E-state index contributed by atoms with van der Waals surface area (Å²) in [4.78, 5) is 48.2. The summed E-state index contributed by atoms with van der Waals surface area (Å²) < 4.78 is 17.4. The van der Waals surface area contributed by atoms with E-state index in [1.807, 2.05) is 0 Å². The third-order valence-electron chi connectivity index (χ3n) is 3.66. The van der Waals surface area contributed by atoms with Crippen LogP contribution in [0, 0.1) is 0 Å². The molecule has 1 saturated heterocycles. The lowest BCUT2D eigenvalue weighted by Gasteiger charge is -2.31. The topological polar surface area (TPSA) is 117 Å². The van der Waals surface area contributed by atoms with Crippen molar-refractivity contribution in [2.75, 3.05) is 12.5 Å². The molecule has 2 rings (SSSR count). The summed E-state index contributed by atoms with van der Waals surface area (Å²) in [7, 11) is 0. The van der Waals surface area contributed by atoms with E-state index < -0.39 is 41.1 Å². The van der Waals surface area contributed by atoms with Gasteiger partial charge in [-0.1, -0.05) is 0 Å². The Morgan fingerprint density at radius 1 is 1.44 bits per heavy atom. The van der Waals surface area contributed by atoms with Crippen LogP contribution in [-0.4, -0.2) is 45.7 Å². The molecule has 1 aromatic heterocycles. The molecule has 25 heavy (non-hydrogen) atoms. The highest BCUT2D eigenvalue weighted by molar-refractivity contribution is 9.10. The predicted molar refractivity (Wildman–Crippen MR) is 89.4 cm³/mol. The molecule has 2 heterocycles. The maximum absolute atomic E-state index is 12.1. The average molecular weight is 440 g/mol. The molecule has 0 spiro atoms. The first-order valence-electron chi connectivity index (χ1n) is 7.24. The lowest BCUT2D eigenvalue weighted by molar-refractivity contribution is -0.171. The van der Waals surface area contributed by atoms with Gasteiger partial charge in [0.05, 0.1) is 10.4 Å². The first kappa shape index (κ1) is 19.7. The zero-order valence-corrected chi connectivity index (χ0v) is 15.8. The van der Waals surface area contributed by atoms with Crippen LogP contribution in [0.2, 0.25) is 0 Å². The second kappa shape index (κ2) is 7.71. The first-order chi connectivity index (χ1) is 11.7. The number of hydrogen-bond donors (Lipinski definition) is 1. The zero-order chi connectivity index (χ0) is 18.8. The Hall–Kier alpha value is -1.65. The summed E-state index contributed by atoms with van der Waals surface area (Å²) in [6, 6.07) is 0. The van der Waals surface area contributed by atoms with Crippen LogP contribution in [0.1, 0.15) is 26.5 Å². The summed E-state index contributed by atoms with van der Waals surface area (Å²) in [6.07, 6.45) is -0.359. The van der Waals surface area contributed by atoms with Crippen LogP contribution in [0.25, 0.3) is 0 Å². The standard InChI is InChI=1S/C14H16BrClN2O7/c1-7(19)23-6-14(5-16)10(24-8(2)20)3-11(25-14)18-4-9(15)12(21)17-13(18)22/h4,10-11H,3,5-6H2,1-2H3,(H,17,21,22)/t10-,11+,14+/m0/s1. The number of carbonyl (C=O) groups is 2. The van der Waals surface area contributed by atoms with Gasteiger partial charge in [0.15, 0.2) is 5.60 Å². The van der Waals surface area contributed by atoms with E-state index in [-0.39, 0.29) is 23.4 Å². The Labute approximate surface area is 155 Å². The molecule has 0 bridgehead atoms. The molecule has 1 aliphatic heterocycles. The highest BCUT2D eigenvalue weighted by atomic mass is 79.9. The number of carbonyl (C=O) groups excluding carboxylic acids is 2. The van der Waals surface area contributed by atoms with Crippen LogP contribution in [0.5, 0.6) is 0 Å². The van der Waals surface area contributed by atoms with Crippen LogP contribution in [0.3, 0.4) is 0 Å². The van der Waals surface area contributed by atoms with Gasteiger partial charge in [-0.2, -0.15) is 0 Å². The van der Waals surface area contributed by atoms with Crippen molar-refractivity contribution in [3.05, 3.63) is 31.5 Å². The maximum atomic E-state index is 12.1. The molecule has 138 valence electrons. The van der Waals surface area contributed by atoms with Crippen molar-refractivity contribution in [3.8, 4) is 0 Å². The van der Waals surface area contributed by atoms with Gasteiger partial charge in [0.2, 0.25) is 0 Å². The number of nitrogens with one attached hydrogen (secondary N) is 1. The molecule has 1 fully saturated rings. The smallest absolute Gasteiger partial charge is 0.330 e. The largest absolute Gasteiger partial charge is 0.463 e. The Morgan fingerprint density at radius 2 is 2.12 bits per heavy atom. The quantitative estimate of drug-likeness (QED) is 0.530. The monoisotopic (exact) mass is 438 g/mol. The van der Waals surface area contributed by atoms with Gasteiger partial charge in [0, 0.05) is 26.5 Å². The van der Waals surface area contributed by atoms with E-state index in [0.717, 1.165) is 4.57 Å². The SMILES string of the molecule is CC(=O)OC[C@@]1(CCl)O[C@@H](n2cc(Br)c(=O)[nH]c2=O)C[C@@H]1OC(C)=O.